The van der Waals surface area contributed by atoms with Crippen molar-refractivity contribution in [3.05, 3.63) is 59.9 Å². The Kier molecular flexibility index (Phi) is 6.41. The molecule has 0 aromatic heterocycles. The number of benzene rings is 2. The van der Waals surface area contributed by atoms with Crippen molar-refractivity contribution in [2.45, 2.75) is 11.8 Å². The van der Waals surface area contributed by atoms with Crippen LogP contribution in [0.3, 0.4) is 0 Å². The fourth-order valence-electron chi connectivity index (χ4n) is 3.21. The zero-order valence-corrected chi connectivity index (χ0v) is 16.8. The number of amides is 1. The van der Waals surface area contributed by atoms with Gasteiger partial charge in [-0.15, -0.1) is 0 Å². The molecule has 0 radical (unpaired) electrons. The molecule has 1 aliphatic heterocycles. The lowest BCUT2D eigenvalue weighted by Crippen LogP contribution is -2.50. The topological polar surface area (TPSA) is 86.8 Å². The number of nitrogens with zero attached hydrogens (tertiary/aromatic N) is 2. The summed E-state index contributed by atoms with van der Waals surface area (Å²) in [6.45, 7) is 2.51. The molecule has 0 atom stereocenters. The smallest absolute Gasteiger partial charge is 0.246 e. The van der Waals surface area contributed by atoms with E-state index in [1.807, 2.05) is 4.90 Å². The van der Waals surface area contributed by atoms with E-state index in [9.17, 15) is 22.4 Å². The number of sulfonamides is 1. The van der Waals surface area contributed by atoms with E-state index in [0.717, 1.165) is 6.07 Å². The van der Waals surface area contributed by atoms with E-state index in [2.05, 4.69) is 5.32 Å². The van der Waals surface area contributed by atoms with Crippen LogP contribution in [0.2, 0.25) is 0 Å². The number of carbonyl (C=O) groups is 2. The second-order valence-corrected chi connectivity index (χ2v) is 8.67. The number of halogens is 1. The summed E-state index contributed by atoms with van der Waals surface area (Å²) in [7, 11) is -3.91. The van der Waals surface area contributed by atoms with Gasteiger partial charge in [-0.25, -0.2) is 12.8 Å². The minimum Gasteiger partial charge on any atom is -0.324 e. The Morgan fingerprint density at radius 2 is 1.62 bits per heavy atom. The maximum Gasteiger partial charge on any atom is 0.246 e. The lowest BCUT2D eigenvalue weighted by atomic mass is 10.1. The van der Waals surface area contributed by atoms with Crippen molar-refractivity contribution >= 4 is 27.4 Å². The average Bonchev–Trinajstić information content (AvgIpc) is 2.69. The van der Waals surface area contributed by atoms with E-state index in [-0.39, 0.29) is 36.2 Å². The molecule has 0 unspecified atom stereocenters. The molecule has 9 heteroatoms. The molecule has 0 spiro atoms. The molecule has 29 heavy (non-hydrogen) atoms. The van der Waals surface area contributed by atoms with Crippen LogP contribution >= 0.6 is 0 Å². The molecular weight excluding hydrogens is 397 g/mol. The number of Topliss-reactive ketones (excluding diaryl/α,β-unsaturated/α-hetero) is 1. The number of piperazine rings is 1. The van der Waals surface area contributed by atoms with Gasteiger partial charge in [-0.1, -0.05) is 24.3 Å². The van der Waals surface area contributed by atoms with Crippen LogP contribution in [0.4, 0.5) is 10.1 Å². The Morgan fingerprint density at radius 3 is 2.28 bits per heavy atom. The number of carbonyl (C=O) groups excluding carboxylic acids is 2. The Balaban J connectivity index is 1.58. The van der Waals surface area contributed by atoms with E-state index < -0.39 is 15.8 Å². The molecular formula is C20H22FN3O4S. The standard InChI is InChI=1S/C20H22FN3O4S/c1-15(25)16-6-2-4-8-18(16)22-20(26)14-23-10-12-24(13-11-23)29(27,28)19-9-5-3-7-17(19)21/h2-9H,10-14H2,1H3,(H,22,26). The second kappa shape index (κ2) is 8.81. The molecule has 7 nitrogen and oxygen atoms in total. The van der Waals surface area contributed by atoms with Gasteiger partial charge in [0.05, 0.1) is 12.2 Å². The summed E-state index contributed by atoms with van der Waals surface area (Å²) in [5.41, 5.74) is 0.882. The van der Waals surface area contributed by atoms with Gasteiger partial charge in [-0.2, -0.15) is 4.31 Å². The summed E-state index contributed by atoms with van der Waals surface area (Å²) in [5.74, 6) is -1.21. The molecule has 1 heterocycles. The van der Waals surface area contributed by atoms with Crippen LogP contribution in [0.5, 0.6) is 0 Å². The van der Waals surface area contributed by atoms with Crippen molar-refractivity contribution in [3.8, 4) is 0 Å². The van der Waals surface area contributed by atoms with Crippen molar-refractivity contribution < 1.29 is 22.4 Å². The maximum atomic E-state index is 13.9. The fourth-order valence-corrected chi connectivity index (χ4v) is 4.70. The molecule has 0 aliphatic carbocycles. The monoisotopic (exact) mass is 419 g/mol. The van der Waals surface area contributed by atoms with Crippen molar-refractivity contribution in [2.24, 2.45) is 0 Å². The zero-order chi connectivity index (χ0) is 21.0. The van der Waals surface area contributed by atoms with E-state index in [4.69, 9.17) is 0 Å². The Hall–Kier alpha value is -2.62. The van der Waals surface area contributed by atoms with Gasteiger partial charge in [0.1, 0.15) is 10.7 Å². The fraction of sp³-hybridized carbons (Fsp3) is 0.300. The molecule has 1 aliphatic rings. The van der Waals surface area contributed by atoms with Gasteiger partial charge in [-0.05, 0) is 31.2 Å². The summed E-state index contributed by atoms with van der Waals surface area (Å²) in [6.07, 6.45) is 0. The number of hydrogen-bond acceptors (Lipinski definition) is 5. The predicted octanol–water partition coefficient (Wildman–Crippen LogP) is 1.97. The molecule has 0 bridgehead atoms. The highest BCUT2D eigenvalue weighted by Gasteiger charge is 2.30. The number of ketones is 1. The van der Waals surface area contributed by atoms with Gasteiger partial charge >= 0.3 is 0 Å². The normalized spacial score (nSPS) is 15.8. The lowest BCUT2D eigenvalue weighted by molar-refractivity contribution is -0.117. The highest BCUT2D eigenvalue weighted by Crippen LogP contribution is 2.20. The van der Waals surface area contributed by atoms with Crippen LogP contribution in [0, 0.1) is 5.82 Å². The number of nitrogens with one attached hydrogen (secondary N) is 1. The third kappa shape index (κ3) is 4.87. The van der Waals surface area contributed by atoms with Crippen molar-refractivity contribution in [1.82, 2.24) is 9.21 Å². The average molecular weight is 419 g/mol. The Morgan fingerprint density at radius 1 is 1.00 bits per heavy atom. The van der Waals surface area contributed by atoms with Gasteiger partial charge in [0, 0.05) is 31.7 Å². The lowest BCUT2D eigenvalue weighted by Gasteiger charge is -2.33. The molecule has 0 saturated carbocycles. The van der Waals surface area contributed by atoms with Crippen LogP contribution < -0.4 is 5.32 Å². The van der Waals surface area contributed by atoms with Gasteiger partial charge in [0.15, 0.2) is 5.78 Å². The summed E-state index contributed by atoms with van der Waals surface area (Å²) in [6, 6.07) is 12.0. The minimum atomic E-state index is -3.91. The largest absolute Gasteiger partial charge is 0.324 e. The number of para-hydroxylation sites is 1. The predicted molar refractivity (Wildman–Crippen MR) is 107 cm³/mol. The third-order valence-electron chi connectivity index (χ3n) is 4.73. The molecule has 3 rings (SSSR count). The van der Waals surface area contributed by atoms with E-state index >= 15 is 0 Å². The quantitative estimate of drug-likeness (QED) is 0.724. The van der Waals surface area contributed by atoms with E-state index in [1.54, 1.807) is 24.3 Å². The molecule has 2 aromatic rings. The Bertz CT molecular complexity index is 1020. The van der Waals surface area contributed by atoms with Crippen molar-refractivity contribution in [1.29, 1.82) is 0 Å². The number of hydrogen-bond donors (Lipinski definition) is 1. The molecule has 2 aromatic carbocycles. The molecule has 1 saturated heterocycles. The molecule has 1 amide bonds. The first-order valence-electron chi connectivity index (χ1n) is 9.16. The van der Waals surface area contributed by atoms with Crippen LogP contribution in [-0.4, -0.2) is 62.0 Å². The number of anilines is 1. The van der Waals surface area contributed by atoms with Crippen LogP contribution in [0.25, 0.3) is 0 Å². The summed E-state index contributed by atoms with van der Waals surface area (Å²) < 4.78 is 40.4. The van der Waals surface area contributed by atoms with Gasteiger partial charge < -0.3 is 5.32 Å². The van der Waals surface area contributed by atoms with Crippen LogP contribution in [0.1, 0.15) is 17.3 Å². The zero-order valence-electron chi connectivity index (χ0n) is 16.0. The first kappa shape index (κ1) is 21.1. The summed E-state index contributed by atoms with van der Waals surface area (Å²) in [4.78, 5) is 25.5. The van der Waals surface area contributed by atoms with Crippen molar-refractivity contribution in [3.63, 3.8) is 0 Å². The van der Waals surface area contributed by atoms with Gasteiger partial charge in [0.25, 0.3) is 0 Å². The SMILES string of the molecule is CC(=O)c1ccccc1NC(=O)CN1CCN(S(=O)(=O)c2ccccc2F)CC1. The minimum absolute atomic E-state index is 0.0693. The molecule has 154 valence electrons. The van der Waals surface area contributed by atoms with Crippen LogP contribution in [-0.2, 0) is 14.8 Å². The second-order valence-electron chi connectivity index (χ2n) is 6.76. The summed E-state index contributed by atoms with van der Waals surface area (Å²) in [5, 5.41) is 2.73. The van der Waals surface area contributed by atoms with Crippen molar-refractivity contribution in [2.75, 3.05) is 38.0 Å². The number of rotatable bonds is 6. The van der Waals surface area contributed by atoms with Gasteiger partial charge in [0.2, 0.25) is 15.9 Å². The Labute approximate surface area is 169 Å². The van der Waals surface area contributed by atoms with Crippen LogP contribution in [0.15, 0.2) is 53.4 Å². The summed E-state index contributed by atoms with van der Waals surface area (Å²) >= 11 is 0. The molecule has 1 fully saturated rings. The highest BCUT2D eigenvalue weighted by molar-refractivity contribution is 7.89. The molecule has 1 N–H and O–H groups in total. The third-order valence-corrected chi connectivity index (χ3v) is 6.67. The van der Waals surface area contributed by atoms with Gasteiger partial charge in [-0.3, -0.25) is 14.5 Å². The first-order chi connectivity index (χ1) is 13.8. The van der Waals surface area contributed by atoms with E-state index in [0.29, 0.717) is 24.3 Å². The maximum absolute atomic E-state index is 13.9. The highest BCUT2D eigenvalue weighted by atomic mass is 32.2. The first-order valence-corrected chi connectivity index (χ1v) is 10.6. The van der Waals surface area contributed by atoms with E-state index in [1.165, 1.54) is 29.4 Å².